The maximum Gasteiger partial charge on any atom is 0.274 e. The van der Waals surface area contributed by atoms with Gasteiger partial charge in [-0.2, -0.15) is 4.37 Å². The average Bonchev–Trinajstić information content (AvgIpc) is 3.16. The molecule has 1 aliphatic heterocycles. The lowest BCUT2D eigenvalue weighted by atomic mass is 10.1. The summed E-state index contributed by atoms with van der Waals surface area (Å²) in [5.41, 5.74) is 4.00. The first-order valence-corrected chi connectivity index (χ1v) is 8.63. The van der Waals surface area contributed by atoms with Crippen LogP contribution < -0.4 is 0 Å². The normalized spacial score (nSPS) is 14.3. The number of hydrogen-bond donors (Lipinski definition) is 0. The lowest BCUT2D eigenvalue weighted by molar-refractivity contribution is 0.0728. The Morgan fingerprint density at radius 2 is 2.26 bits per heavy atom. The van der Waals surface area contributed by atoms with E-state index in [9.17, 15) is 4.79 Å². The van der Waals surface area contributed by atoms with E-state index in [-0.39, 0.29) is 5.91 Å². The number of aromatic nitrogens is 3. The zero-order valence-corrected chi connectivity index (χ0v) is 14.1. The van der Waals surface area contributed by atoms with Crippen molar-refractivity contribution in [2.24, 2.45) is 0 Å². The van der Waals surface area contributed by atoms with Gasteiger partial charge in [-0.05, 0) is 37.5 Å². The summed E-state index contributed by atoms with van der Waals surface area (Å²) < 4.78 is 7.64. The third-order valence-electron chi connectivity index (χ3n) is 4.45. The van der Waals surface area contributed by atoms with Gasteiger partial charge in [0.2, 0.25) is 0 Å². The van der Waals surface area contributed by atoms with E-state index in [1.165, 1.54) is 17.2 Å². The van der Waals surface area contributed by atoms with Crippen LogP contribution in [0.15, 0.2) is 24.5 Å². The van der Waals surface area contributed by atoms with Gasteiger partial charge in [0.05, 0.1) is 23.3 Å². The van der Waals surface area contributed by atoms with Crippen molar-refractivity contribution in [3.8, 4) is 0 Å². The highest BCUT2D eigenvalue weighted by molar-refractivity contribution is 7.13. The Balaban J connectivity index is 1.65. The zero-order valence-electron chi connectivity index (χ0n) is 13.2. The smallest absolute Gasteiger partial charge is 0.274 e. The van der Waals surface area contributed by atoms with Crippen LogP contribution in [0.4, 0.5) is 0 Å². The lowest BCUT2D eigenvalue weighted by Gasteiger charge is -2.26. The molecule has 0 saturated carbocycles. The first-order chi connectivity index (χ1) is 11.2. The summed E-state index contributed by atoms with van der Waals surface area (Å²) >= 11 is 1.39. The molecular weight excluding hydrogens is 308 g/mol. The maximum absolute atomic E-state index is 12.9. The molecule has 0 atom stereocenters. The third kappa shape index (κ3) is 2.34. The predicted octanol–water partition coefficient (Wildman–Crippen LogP) is 3.02. The third-order valence-corrected chi connectivity index (χ3v) is 5.27. The standard InChI is InChI=1S/C17H18N4OS/c1-3-20-10-18-13-9-21(7-6-14(13)20)17(22)16-12-8-11(2)4-5-15(12)23-19-16/h4-5,8,10H,3,6-7,9H2,1-2H3. The monoisotopic (exact) mass is 326 g/mol. The van der Waals surface area contributed by atoms with Gasteiger partial charge >= 0.3 is 0 Å². The van der Waals surface area contributed by atoms with Crippen LogP contribution in [-0.2, 0) is 19.5 Å². The van der Waals surface area contributed by atoms with Gasteiger partial charge in [0.1, 0.15) is 5.69 Å². The number of amides is 1. The highest BCUT2D eigenvalue weighted by Gasteiger charge is 2.27. The fraction of sp³-hybridized carbons (Fsp3) is 0.353. The number of hydrogen-bond acceptors (Lipinski definition) is 4. The van der Waals surface area contributed by atoms with Gasteiger partial charge in [0.15, 0.2) is 0 Å². The van der Waals surface area contributed by atoms with Crippen molar-refractivity contribution in [3.63, 3.8) is 0 Å². The molecule has 4 rings (SSSR count). The van der Waals surface area contributed by atoms with E-state index >= 15 is 0 Å². The molecule has 0 unspecified atom stereocenters. The molecule has 0 spiro atoms. The maximum atomic E-state index is 12.9. The Morgan fingerprint density at radius 3 is 3.09 bits per heavy atom. The lowest BCUT2D eigenvalue weighted by Crippen LogP contribution is -2.36. The second kappa shape index (κ2) is 5.45. The van der Waals surface area contributed by atoms with Crippen LogP contribution in [0.5, 0.6) is 0 Å². The van der Waals surface area contributed by atoms with Crippen molar-refractivity contribution in [1.29, 1.82) is 0 Å². The molecule has 0 N–H and O–H groups in total. The van der Waals surface area contributed by atoms with Crippen LogP contribution in [0.1, 0.15) is 34.4 Å². The topological polar surface area (TPSA) is 51.0 Å². The second-order valence-corrected chi connectivity index (χ2v) is 6.74. The first-order valence-electron chi connectivity index (χ1n) is 7.85. The molecule has 0 aliphatic carbocycles. The minimum Gasteiger partial charge on any atom is -0.334 e. The molecule has 0 bridgehead atoms. The Bertz CT molecular complexity index is 895. The molecule has 3 aromatic rings. The van der Waals surface area contributed by atoms with Gasteiger partial charge < -0.3 is 9.47 Å². The molecule has 1 aromatic carbocycles. The minimum atomic E-state index is 0.0125. The van der Waals surface area contributed by atoms with E-state index in [1.54, 1.807) is 0 Å². The molecule has 1 amide bonds. The number of aryl methyl sites for hydroxylation is 2. The second-order valence-electron chi connectivity index (χ2n) is 5.93. The van der Waals surface area contributed by atoms with Crippen LogP contribution in [0.3, 0.4) is 0 Å². The highest BCUT2D eigenvalue weighted by Crippen LogP contribution is 2.26. The fourth-order valence-corrected chi connectivity index (χ4v) is 3.92. The Labute approximate surface area is 138 Å². The summed E-state index contributed by atoms with van der Waals surface area (Å²) in [7, 11) is 0. The predicted molar refractivity (Wildman–Crippen MR) is 90.7 cm³/mol. The van der Waals surface area contributed by atoms with E-state index < -0.39 is 0 Å². The first kappa shape index (κ1) is 14.4. The molecule has 5 nitrogen and oxygen atoms in total. The molecule has 3 heterocycles. The summed E-state index contributed by atoms with van der Waals surface area (Å²) in [6.45, 7) is 6.37. The van der Waals surface area contributed by atoms with E-state index in [0.717, 1.165) is 40.9 Å². The van der Waals surface area contributed by atoms with E-state index in [2.05, 4.69) is 26.9 Å². The summed E-state index contributed by atoms with van der Waals surface area (Å²) in [5, 5.41) is 0.963. The van der Waals surface area contributed by atoms with Gasteiger partial charge in [0.25, 0.3) is 5.91 Å². The Kier molecular flexibility index (Phi) is 3.41. The molecule has 0 radical (unpaired) electrons. The number of fused-ring (bicyclic) bond motifs is 2. The summed E-state index contributed by atoms with van der Waals surface area (Å²) in [6.07, 6.45) is 2.73. The van der Waals surface area contributed by atoms with Crippen LogP contribution >= 0.6 is 11.5 Å². The van der Waals surface area contributed by atoms with Crippen molar-refractivity contribution >= 4 is 27.5 Å². The molecule has 23 heavy (non-hydrogen) atoms. The van der Waals surface area contributed by atoms with Crippen LogP contribution in [0, 0.1) is 6.92 Å². The number of nitrogens with zero attached hydrogens (tertiary/aromatic N) is 4. The van der Waals surface area contributed by atoms with Crippen LogP contribution in [0.25, 0.3) is 10.1 Å². The van der Waals surface area contributed by atoms with Crippen molar-refractivity contribution in [1.82, 2.24) is 18.8 Å². The molecule has 2 aromatic heterocycles. The van der Waals surface area contributed by atoms with Gasteiger partial charge in [-0.3, -0.25) is 4.79 Å². The van der Waals surface area contributed by atoms with Gasteiger partial charge in [-0.1, -0.05) is 11.6 Å². The molecule has 0 saturated heterocycles. The molecule has 6 heteroatoms. The fourth-order valence-electron chi connectivity index (χ4n) is 3.17. The number of rotatable bonds is 2. The highest BCUT2D eigenvalue weighted by atomic mass is 32.1. The van der Waals surface area contributed by atoms with Gasteiger partial charge in [0, 0.05) is 30.6 Å². The summed E-state index contributed by atoms with van der Waals surface area (Å²) in [6, 6.07) is 6.14. The summed E-state index contributed by atoms with van der Waals surface area (Å²) in [5.74, 6) is 0.0125. The quantitative estimate of drug-likeness (QED) is 0.727. The number of benzene rings is 1. The van der Waals surface area contributed by atoms with Crippen molar-refractivity contribution in [3.05, 3.63) is 47.2 Å². The van der Waals surface area contributed by atoms with Gasteiger partial charge in [-0.25, -0.2) is 4.98 Å². The van der Waals surface area contributed by atoms with E-state index in [1.807, 2.05) is 30.3 Å². The Hall–Kier alpha value is -2.21. The number of imidazole rings is 1. The van der Waals surface area contributed by atoms with Crippen molar-refractivity contribution < 1.29 is 4.79 Å². The van der Waals surface area contributed by atoms with Crippen molar-refractivity contribution in [2.45, 2.75) is 33.4 Å². The SMILES string of the molecule is CCn1cnc2c1CCN(C(=O)c1nsc3ccc(C)cc13)C2. The van der Waals surface area contributed by atoms with E-state index in [4.69, 9.17) is 0 Å². The van der Waals surface area contributed by atoms with Gasteiger partial charge in [-0.15, -0.1) is 0 Å². The molecule has 118 valence electrons. The average molecular weight is 326 g/mol. The van der Waals surface area contributed by atoms with Crippen LogP contribution in [-0.4, -0.2) is 31.3 Å². The van der Waals surface area contributed by atoms with Crippen molar-refractivity contribution in [2.75, 3.05) is 6.54 Å². The van der Waals surface area contributed by atoms with Crippen LogP contribution in [0.2, 0.25) is 0 Å². The number of carbonyl (C=O) groups is 1. The Morgan fingerprint density at radius 1 is 1.39 bits per heavy atom. The summed E-state index contributed by atoms with van der Waals surface area (Å²) in [4.78, 5) is 19.2. The van der Waals surface area contributed by atoms with E-state index in [0.29, 0.717) is 12.2 Å². The molecule has 0 fully saturated rings. The molecule has 1 aliphatic rings. The minimum absolute atomic E-state index is 0.0125. The molecular formula is C17H18N4OS. The number of carbonyl (C=O) groups excluding carboxylic acids is 1. The largest absolute Gasteiger partial charge is 0.334 e. The zero-order chi connectivity index (χ0) is 16.0.